The molecule has 1 N–H and O–H groups in total. The third-order valence-corrected chi connectivity index (χ3v) is 5.34. The number of amides is 4. The Kier molecular flexibility index (Phi) is 6.84. The van der Waals surface area contributed by atoms with Gasteiger partial charge in [-0.05, 0) is 61.7 Å². The molecular formula is C21H15Br2FN2O4. The van der Waals surface area contributed by atoms with Crippen LogP contribution in [0.1, 0.15) is 11.1 Å². The second-order valence-electron chi connectivity index (χ2n) is 6.22. The second-order valence-corrected chi connectivity index (χ2v) is 7.92. The number of nitrogens with zero attached hydrogens (tertiary/aromatic N) is 1. The Morgan fingerprint density at radius 1 is 1.13 bits per heavy atom. The van der Waals surface area contributed by atoms with Crippen LogP contribution in [0.2, 0.25) is 0 Å². The molecule has 6 nitrogen and oxygen atoms in total. The van der Waals surface area contributed by atoms with Crippen molar-refractivity contribution in [1.82, 2.24) is 10.2 Å². The van der Waals surface area contributed by atoms with Crippen LogP contribution >= 0.6 is 31.9 Å². The Morgan fingerprint density at radius 3 is 2.43 bits per heavy atom. The summed E-state index contributed by atoms with van der Waals surface area (Å²) in [6.07, 6.45) is 2.76. The van der Waals surface area contributed by atoms with Gasteiger partial charge >= 0.3 is 6.03 Å². The summed E-state index contributed by atoms with van der Waals surface area (Å²) in [4.78, 5) is 37.3. The third-order valence-electron chi connectivity index (χ3n) is 4.16. The van der Waals surface area contributed by atoms with E-state index in [0.29, 0.717) is 25.8 Å². The molecule has 0 aromatic heterocycles. The maximum Gasteiger partial charge on any atom is 0.331 e. The molecule has 1 aliphatic rings. The predicted molar refractivity (Wildman–Crippen MR) is 116 cm³/mol. The number of halogens is 3. The van der Waals surface area contributed by atoms with E-state index in [-0.39, 0.29) is 24.5 Å². The number of nitrogens with one attached hydrogen (secondary N) is 1. The van der Waals surface area contributed by atoms with Crippen LogP contribution in [0, 0.1) is 5.82 Å². The number of carbonyl (C=O) groups is 3. The number of imide groups is 2. The van der Waals surface area contributed by atoms with E-state index in [4.69, 9.17) is 4.74 Å². The summed E-state index contributed by atoms with van der Waals surface area (Å²) in [5.41, 5.74) is 0.729. The Bertz CT molecular complexity index is 1060. The quantitative estimate of drug-likeness (QED) is 0.332. The SMILES string of the molecule is C=CCN1C(=O)NC(=O)/C(=C/c2cc(Br)c(OCc3ccccc3F)c(Br)c2)C1=O. The third kappa shape index (κ3) is 4.68. The summed E-state index contributed by atoms with van der Waals surface area (Å²) in [5.74, 6) is -1.43. The Labute approximate surface area is 188 Å². The Morgan fingerprint density at radius 2 is 1.80 bits per heavy atom. The van der Waals surface area contributed by atoms with Gasteiger partial charge in [0.15, 0.2) is 0 Å². The zero-order chi connectivity index (χ0) is 21.8. The number of hydrogen-bond donors (Lipinski definition) is 1. The molecule has 1 heterocycles. The fraction of sp³-hybridized carbons (Fsp3) is 0.0952. The van der Waals surface area contributed by atoms with Gasteiger partial charge in [-0.25, -0.2) is 9.18 Å². The van der Waals surface area contributed by atoms with Crippen molar-refractivity contribution >= 4 is 55.8 Å². The van der Waals surface area contributed by atoms with Gasteiger partial charge in [-0.3, -0.25) is 19.8 Å². The number of benzene rings is 2. The molecule has 30 heavy (non-hydrogen) atoms. The largest absolute Gasteiger partial charge is 0.486 e. The highest BCUT2D eigenvalue weighted by Crippen LogP contribution is 2.36. The molecule has 0 atom stereocenters. The number of urea groups is 1. The fourth-order valence-corrected chi connectivity index (χ4v) is 4.17. The summed E-state index contributed by atoms with van der Waals surface area (Å²) >= 11 is 6.78. The van der Waals surface area contributed by atoms with Gasteiger partial charge in [0.1, 0.15) is 23.7 Å². The van der Waals surface area contributed by atoms with Gasteiger partial charge in [0.25, 0.3) is 11.8 Å². The lowest BCUT2D eigenvalue weighted by Gasteiger charge is -2.25. The first-order valence-corrected chi connectivity index (χ1v) is 10.3. The number of carbonyl (C=O) groups excluding carboxylic acids is 3. The first kappa shape index (κ1) is 21.9. The van der Waals surface area contributed by atoms with Crippen LogP contribution in [-0.2, 0) is 16.2 Å². The minimum atomic E-state index is -0.790. The van der Waals surface area contributed by atoms with Gasteiger partial charge < -0.3 is 4.74 Å². The van der Waals surface area contributed by atoms with E-state index >= 15 is 0 Å². The topological polar surface area (TPSA) is 75.7 Å². The summed E-state index contributed by atoms with van der Waals surface area (Å²) < 4.78 is 20.6. The van der Waals surface area contributed by atoms with E-state index in [9.17, 15) is 18.8 Å². The van der Waals surface area contributed by atoms with Gasteiger partial charge in [-0.2, -0.15) is 0 Å². The fourth-order valence-electron chi connectivity index (χ4n) is 2.72. The van der Waals surface area contributed by atoms with Crippen LogP contribution in [0.3, 0.4) is 0 Å². The second kappa shape index (κ2) is 9.36. The smallest absolute Gasteiger partial charge is 0.331 e. The predicted octanol–water partition coefficient (Wildman–Crippen LogP) is 4.58. The molecule has 154 valence electrons. The lowest BCUT2D eigenvalue weighted by Crippen LogP contribution is -2.54. The van der Waals surface area contributed by atoms with Crippen molar-refractivity contribution in [1.29, 1.82) is 0 Å². The average molecular weight is 538 g/mol. The van der Waals surface area contributed by atoms with Gasteiger partial charge in [0.05, 0.1) is 8.95 Å². The molecule has 4 amide bonds. The maximum absolute atomic E-state index is 13.8. The van der Waals surface area contributed by atoms with Crippen molar-refractivity contribution in [2.45, 2.75) is 6.61 Å². The first-order valence-electron chi connectivity index (χ1n) is 8.67. The summed E-state index contributed by atoms with van der Waals surface area (Å²) in [6.45, 7) is 3.50. The van der Waals surface area contributed by atoms with Crippen LogP contribution in [0.15, 0.2) is 63.6 Å². The van der Waals surface area contributed by atoms with Gasteiger partial charge in [0, 0.05) is 12.1 Å². The van der Waals surface area contributed by atoms with E-state index < -0.39 is 17.8 Å². The molecular weight excluding hydrogens is 523 g/mol. The summed E-state index contributed by atoms with van der Waals surface area (Å²) in [5, 5.41) is 2.13. The number of barbiturate groups is 1. The zero-order valence-corrected chi connectivity index (χ0v) is 18.6. The first-order chi connectivity index (χ1) is 14.3. The van der Waals surface area contributed by atoms with Crippen LogP contribution < -0.4 is 10.1 Å². The Balaban J connectivity index is 1.86. The standard InChI is InChI=1S/C21H15Br2FN2O4/c1-2-7-26-20(28)14(19(27)25-21(26)29)8-12-9-15(22)18(16(23)10-12)30-11-13-5-3-4-6-17(13)24/h2-6,8-10H,1,7,11H2,(H,25,27,29)/b14-8-. The maximum atomic E-state index is 13.8. The highest BCUT2D eigenvalue weighted by Gasteiger charge is 2.34. The summed E-state index contributed by atoms with van der Waals surface area (Å²) in [6, 6.07) is 8.78. The molecule has 0 aliphatic carbocycles. The highest BCUT2D eigenvalue weighted by molar-refractivity contribution is 9.11. The van der Waals surface area contributed by atoms with Crippen LogP contribution in [0.4, 0.5) is 9.18 Å². The van der Waals surface area contributed by atoms with E-state index in [1.165, 1.54) is 18.2 Å². The number of ether oxygens (including phenoxy) is 1. The molecule has 0 radical (unpaired) electrons. The lowest BCUT2D eigenvalue weighted by molar-refractivity contribution is -0.129. The minimum Gasteiger partial charge on any atom is -0.486 e. The van der Waals surface area contributed by atoms with Crippen molar-refractivity contribution in [2.75, 3.05) is 6.54 Å². The molecule has 1 aliphatic heterocycles. The normalized spacial score (nSPS) is 15.4. The molecule has 0 saturated carbocycles. The molecule has 9 heteroatoms. The van der Waals surface area contributed by atoms with Crippen LogP contribution in [0.5, 0.6) is 5.75 Å². The van der Waals surface area contributed by atoms with Crippen molar-refractivity contribution in [3.05, 3.63) is 80.5 Å². The number of rotatable bonds is 6. The van der Waals surface area contributed by atoms with Crippen molar-refractivity contribution in [3.8, 4) is 5.75 Å². The molecule has 1 fully saturated rings. The molecule has 3 rings (SSSR count). The van der Waals surface area contributed by atoms with Crippen molar-refractivity contribution < 1.29 is 23.5 Å². The van der Waals surface area contributed by atoms with Gasteiger partial charge in [-0.1, -0.05) is 24.3 Å². The molecule has 0 spiro atoms. The van der Waals surface area contributed by atoms with Crippen molar-refractivity contribution in [3.63, 3.8) is 0 Å². The lowest BCUT2D eigenvalue weighted by atomic mass is 10.1. The molecule has 2 aromatic carbocycles. The van der Waals surface area contributed by atoms with Gasteiger partial charge in [0.2, 0.25) is 0 Å². The van der Waals surface area contributed by atoms with Crippen molar-refractivity contribution in [2.24, 2.45) is 0 Å². The Hall–Kier alpha value is -2.78. The van der Waals surface area contributed by atoms with E-state index in [1.54, 1.807) is 30.3 Å². The van der Waals surface area contributed by atoms with Crippen LogP contribution in [0.25, 0.3) is 6.08 Å². The monoisotopic (exact) mass is 536 g/mol. The zero-order valence-electron chi connectivity index (χ0n) is 15.5. The highest BCUT2D eigenvalue weighted by atomic mass is 79.9. The summed E-state index contributed by atoms with van der Waals surface area (Å²) in [7, 11) is 0. The van der Waals surface area contributed by atoms with Gasteiger partial charge in [-0.15, -0.1) is 6.58 Å². The minimum absolute atomic E-state index is 0.0177. The van der Waals surface area contributed by atoms with E-state index in [0.717, 1.165) is 4.90 Å². The van der Waals surface area contributed by atoms with E-state index in [1.807, 2.05) is 0 Å². The molecule has 0 bridgehead atoms. The van der Waals surface area contributed by atoms with E-state index in [2.05, 4.69) is 43.8 Å². The average Bonchev–Trinajstić information content (AvgIpc) is 2.69. The van der Waals surface area contributed by atoms with Crippen LogP contribution in [-0.4, -0.2) is 29.3 Å². The molecule has 1 saturated heterocycles. The molecule has 2 aromatic rings. The molecule has 0 unspecified atom stereocenters. The number of hydrogen-bond acceptors (Lipinski definition) is 4.